The SMILES string of the molecule is O=C(O)C1CNCCN1S(=O)(=O)c1ncccc1F. The van der Waals surface area contributed by atoms with Crippen LogP contribution in [0.25, 0.3) is 0 Å². The summed E-state index contributed by atoms with van der Waals surface area (Å²) in [6.45, 7) is 0.232. The summed E-state index contributed by atoms with van der Waals surface area (Å²) in [6, 6.07) is 0.971. The van der Waals surface area contributed by atoms with E-state index in [1.165, 1.54) is 6.07 Å². The number of aromatic nitrogens is 1. The molecular formula is C10H12FN3O4S. The van der Waals surface area contributed by atoms with Crippen molar-refractivity contribution in [1.82, 2.24) is 14.6 Å². The average molecular weight is 289 g/mol. The molecule has 0 aliphatic carbocycles. The summed E-state index contributed by atoms with van der Waals surface area (Å²) in [5.41, 5.74) is 0. The summed E-state index contributed by atoms with van der Waals surface area (Å²) in [5.74, 6) is -2.28. The Bertz CT molecular complexity index is 592. The van der Waals surface area contributed by atoms with Crippen LogP contribution >= 0.6 is 0 Å². The van der Waals surface area contributed by atoms with Gasteiger partial charge in [0.15, 0.2) is 5.82 Å². The Morgan fingerprint density at radius 3 is 2.95 bits per heavy atom. The van der Waals surface area contributed by atoms with Crippen LogP contribution in [0.5, 0.6) is 0 Å². The zero-order valence-corrected chi connectivity index (χ0v) is 10.6. The number of hydrogen-bond donors (Lipinski definition) is 2. The molecule has 0 bridgehead atoms. The highest BCUT2D eigenvalue weighted by molar-refractivity contribution is 7.89. The maximum atomic E-state index is 13.5. The van der Waals surface area contributed by atoms with Crippen molar-refractivity contribution < 1.29 is 22.7 Å². The Morgan fingerprint density at radius 1 is 1.58 bits per heavy atom. The van der Waals surface area contributed by atoms with Crippen molar-refractivity contribution in [2.24, 2.45) is 0 Å². The van der Waals surface area contributed by atoms with Gasteiger partial charge in [-0.25, -0.2) is 17.8 Å². The summed E-state index contributed by atoms with van der Waals surface area (Å²) in [6.07, 6.45) is 1.15. The van der Waals surface area contributed by atoms with E-state index in [-0.39, 0.29) is 13.1 Å². The highest BCUT2D eigenvalue weighted by Crippen LogP contribution is 2.19. The Morgan fingerprint density at radius 2 is 2.32 bits per heavy atom. The molecule has 1 fully saturated rings. The first kappa shape index (κ1) is 13.8. The third kappa shape index (κ3) is 2.57. The lowest BCUT2D eigenvalue weighted by Crippen LogP contribution is -2.57. The van der Waals surface area contributed by atoms with Crippen LogP contribution in [0.3, 0.4) is 0 Å². The van der Waals surface area contributed by atoms with Gasteiger partial charge in [0.2, 0.25) is 5.03 Å². The second-order valence-electron chi connectivity index (χ2n) is 3.96. The second kappa shape index (κ2) is 5.19. The van der Waals surface area contributed by atoms with Crippen molar-refractivity contribution in [2.75, 3.05) is 19.6 Å². The highest BCUT2D eigenvalue weighted by Gasteiger charge is 2.39. The number of carboxylic acids is 1. The lowest BCUT2D eigenvalue weighted by Gasteiger charge is -2.31. The van der Waals surface area contributed by atoms with Crippen LogP contribution in [0.15, 0.2) is 23.4 Å². The number of rotatable bonds is 3. The van der Waals surface area contributed by atoms with Gasteiger partial charge in [0.1, 0.15) is 6.04 Å². The third-order valence-electron chi connectivity index (χ3n) is 2.76. The lowest BCUT2D eigenvalue weighted by molar-refractivity contribution is -0.141. The van der Waals surface area contributed by atoms with Crippen LogP contribution in [0.2, 0.25) is 0 Å². The largest absolute Gasteiger partial charge is 0.480 e. The molecule has 0 spiro atoms. The minimum absolute atomic E-state index is 0.0248. The van der Waals surface area contributed by atoms with Crippen LogP contribution in [-0.2, 0) is 14.8 Å². The van der Waals surface area contributed by atoms with Crippen LogP contribution in [0.1, 0.15) is 0 Å². The molecule has 9 heteroatoms. The van der Waals surface area contributed by atoms with Crippen molar-refractivity contribution in [2.45, 2.75) is 11.1 Å². The number of hydrogen-bond acceptors (Lipinski definition) is 5. The van der Waals surface area contributed by atoms with E-state index in [0.29, 0.717) is 6.54 Å². The van der Waals surface area contributed by atoms with Gasteiger partial charge >= 0.3 is 5.97 Å². The van der Waals surface area contributed by atoms with Crippen molar-refractivity contribution in [1.29, 1.82) is 0 Å². The molecule has 0 saturated carbocycles. The first-order valence-electron chi connectivity index (χ1n) is 5.50. The number of carbonyl (C=O) groups is 1. The molecule has 104 valence electrons. The van der Waals surface area contributed by atoms with E-state index in [9.17, 15) is 17.6 Å². The number of pyridine rings is 1. The van der Waals surface area contributed by atoms with E-state index >= 15 is 0 Å². The molecule has 1 aromatic rings. The zero-order valence-electron chi connectivity index (χ0n) is 9.78. The topological polar surface area (TPSA) is 99.6 Å². The minimum Gasteiger partial charge on any atom is -0.480 e. The molecule has 1 aliphatic rings. The molecule has 1 atom stereocenters. The van der Waals surface area contributed by atoms with Crippen molar-refractivity contribution in [3.05, 3.63) is 24.1 Å². The predicted octanol–water partition coefficient (Wildman–Crippen LogP) is -0.732. The van der Waals surface area contributed by atoms with Crippen molar-refractivity contribution in [3.63, 3.8) is 0 Å². The lowest BCUT2D eigenvalue weighted by atomic mass is 10.2. The Kier molecular flexibility index (Phi) is 3.78. The molecule has 2 rings (SSSR count). The monoisotopic (exact) mass is 289 g/mol. The second-order valence-corrected chi connectivity index (χ2v) is 5.77. The molecule has 1 aromatic heterocycles. The van der Waals surface area contributed by atoms with Gasteiger partial charge in [-0.05, 0) is 12.1 Å². The molecule has 1 saturated heterocycles. The van der Waals surface area contributed by atoms with Gasteiger partial charge in [0.25, 0.3) is 10.0 Å². The molecule has 0 aromatic carbocycles. The number of sulfonamides is 1. The molecule has 7 nitrogen and oxygen atoms in total. The number of carboxylic acid groups (broad SMARTS) is 1. The number of piperazine rings is 1. The summed E-state index contributed by atoms with van der Waals surface area (Å²) in [4.78, 5) is 14.6. The van der Waals surface area contributed by atoms with Gasteiger partial charge in [-0.2, -0.15) is 4.31 Å². The van der Waals surface area contributed by atoms with E-state index in [1.807, 2.05) is 0 Å². The fraction of sp³-hybridized carbons (Fsp3) is 0.400. The van der Waals surface area contributed by atoms with E-state index in [1.54, 1.807) is 0 Å². The van der Waals surface area contributed by atoms with Crippen LogP contribution in [-0.4, -0.2) is 54.5 Å². The maximum Gasteiger partial charge on any atom is 0.323 e. The molecule has 1 aliphatic heterocycles. The molecule has 1 unspecified atom stereocenters. The van der Waals surface area contributed by atoms with Crippen molar-refractivity contribution in [3.8, 4) is 0 Å². The minimum atomic E-state index is -4.26. The molecular weight excluding hydrogens is 277 g/mol. The molecule has 19 heavy (non-hydrogen) atoms. The standard InChI is InChI=1S/C10H12FN3O4S/c11-7-2-1-3-13-9(7)19(17,18)14-5-4-12-6-8(14)10(15)16/h1-3,8,12H,4-6H2,(H,15,16). The Balaban J connectivity index is 2.43. The fourth-order valence-corrected chi connectivity index (χ4v) is 3.42. The molecule has 2 N–H and O–H groups in total. The first-order valence-corrected chi connectivity index (χ1v) is 6.94. The van der Waals surface area contributed by atoms with Gasteiger partial charge < -0.3 is 10.4 Å². The zero-order chi connectivity index (χ0) is 14.0. The van der Waals surface area contributed by atoms with Gasteiger partial charge in [0, 0.05) is 25.8 Å². The van der Waals surface area contributed by atoms with Crippen LogP contribution < -0.4 is 5.32 Å². The number of aliphatic carboxylic acids is 1. The normalized spacial score (nSPS) is 21.2. The fourth-order valence-electron chi connectivity index (χ4n) is 1.86. The van der Waals surface area contributed by atoms with Gasteiger partial charge in [-0.15, -0.1) is 0 Å². The Labute approximate surface area is 109 Å². The molecule has 0 radical (unpaired) electrons. The predicted molar refractivity (Wildman–Crippen MR) is 62.4 cm³/mol. The van der Waals surface area contributed by atoms with E-state index < -0.39 is 32.9 Å². The first-order chi connectivity index (χ1) is 8.94. The van der Waals surface area contributed by atoms with Gasteiger partial charge in [-0.1, -0.05) is 0 Å². The Hall–Kier alpha value is -1.58. The van der Waals surface area contributed by atoms with E-state index in [4.69, 9.17) is 5.11 Å². The number of nitrogens with zero attached hydrogens (tertiary/aromatic N) is 2. The highest BCUT2D eigenvalue weighted by atomic mass is 32.2. The van der Waals surface area contributed by atoms with Gasteiger partial charge in [-0.3, -0.25) is 4.79 Å². The van der Waals surface area contributed by atoms with Gasteiger partial charge in [0.05, 0.1) is 0 Å². The average Bonchev–Trinajstić information content (AvgIpc) is 2.39. The number of nitrogens with one attached hydrogen (secondary N) is 1. The summed E-state index contributed by atoms with van der Waals surface area (Å²) in [5, 5.41) is 11.1. The molecule has 0 amide bonds. The summed E-state index contributed by atoms with van der Waals surface area (Å²) in [7, 11) is -4.26. The van der Waals surface area contributed by atoms with Crippen molar-refractivity contribution >= 4 is 16.0 Å². The van der Waals surface area contributed by atoms with Crippen LogP contribution in [0, 0.1) is 5.82 Å². The quantitative estimate of drug-likeness (QED) is 0.761. The number of halogens is 1. The third-order valence-corrected chi connectivity index (χ3v) is 4.60. The smallest absolute Gasteiger partial charge is 0.323 e. The van der Waals surface area contributed by atoms with E-state index in [0.717, 1.165) is 16.6 Å². The van der Waals surface area contributed by atoms with E-state index in [2.05, 4.69) is 10.3 Å². The summed E-state index contributed by atoms with van der Waals surface area (Å²) < 4.78 is 38.8. The van der Waals surface area contributed by atoms with Crippen LogP contribution in [0.4, 0.5) is 4.39 Å². The molecule has 2 heterocycles. The summed E-state index contributed by atoms with van der Waals surface area (Å²) >= 11 is 0. The maximum absolute atomic E-state index is 13.5.